The first kappa shape index (κ1) is 10.9. The van der Waals surface area contributed by atoms with Crippen molar-refractivity contribution in [3.05, 3.63) is 11.6 Å². The number of H-pyrrole nitrogens is 1. The van der Waals surface area contributed by atoms with E-state index in [1.807, 2.05) is 13.2 Å². The highest BCUT2D eigenvalue weighted by atomic mass is 35.5. The van der Waals surface area contributed by atoms with Crippen LogP contribution in [0.3, 0.4) is 0 Å². The number of rotatable bonds is 3. The summed E-state index contributed by atoms with van der Waals surface area (Å²) in [7, 11) is 0. The van der Waals surface area contributed by atoms with E-state index >= 15 is 0 Å². The molecule has 1 atom stereocenters. The average Bonchev–Trinajstić information content (AvgIpc) is 2.52. The van der Waals surface area contributed by atoms with Gasteiger partial charge in [0.1, 0.15) is 5.82 Å². The molecule has 0 aliphatic carbocycles. The summed E-state index contributed by atoms with van der Waals surface area (Å²) in [6.45, 7) is 6.05. The van der Waals surface area contributed by atoms with Crippen LogP contribution in [0.5, 0.6) is 0 Å². The van der Waals surface area contributed by atoms with Crippen LogP contribution in [0.25, 0.3) is 0 Å². The SMILES string of the molecule is CSC(C)(C)c1n[nH]c(C(C)Cl)n1. The molecule has 1 rings (SSSR count). The summed E-state index contributed by atoms with van der Waals surface area (Å²) < 4.78 is -0.0550. The van der Waals surface area contributed by atoms with E-state index < -0.39 is 0 Å². The molecule has 0 radical (unpaired) electrons. The van der Waals surface area contributed by atoms with Gasteiger partial charge in [0, 0.05) is 0 Å². The molecule has 1 aromatic rings. The normalized spacial score (nSPS) is 14.5. The largest absolute Gasteiger partial charge is 0.262 e. The molecule has 13 heavy (non-hydrogen) atoms. The Morgan fingerprint density at radius 2 is 2.15 bits per heavy atom. The topological polar surface area (TPSA) is 41.6 Å². The Labute approximate surface area is 87.7 Å². The third kappa shape index (κ3) is 2.38. The second kappa shape index (κ2) is 3.88. The summed E-state index contributed by atoms with van der Waals surface area (Å²) >= 11 is 7.59. The first-order chi connectivity index (χ1) is 5.97. The lowest BCUT2D eigenvalue weighted by Gasteiger charge is -2.16. The van der Waals surface area contributed by atoms with Crippen molar-refractivity contribution in [2.24, 2.45) is 0 Å². The number of hydrogen-bond acceptors (Lipinski definition) is 3. The molecule has 0 amide bonds. The van der Waals surface area contributed by atoms with Crippen LogP contribution >= 0.6 is 23.4 Å². The first-order valence-corrected chi connectivity index (χ1v) is 5.75. The summed E-state index contributed by atoms with van der Waals surface area (Å²) in [4.78, 5) is 4.33. The van der Waals surface area contributed by atoms with Gasteiger partial charge in [-0.3, -0.25) is 5.10 Å². The predicted molar refractivity (Wildman–Crippen MR) is 57.2 cm³/mol. The monoisotopic (exact) mass is 219 g/mol. The van der Waals surface area contributed by atoms with E-state index in [2.05, 4.69) is 29.0 Å². The molecule has 1 unspecified atom stereocenters. The van der Waals surface area contributed by atoms with Crippen LogP contribution in [0.4, 0.5) is 0 Å². The second-order valence-corrected chi connectivity index (χ2v) is 5.46. The summed E-state index contributed by atoms with van der Waals surface area (Å²) in [5, 5.41) is 6.87. The van der Waals surface area contributed by atoms with Gasteiger partial charge in [0.05, 0.1) is 10.1 Å². The molecule has 1 N–H and O–H groups in total. The number of halogens is 1. The predicted octanol–water partition coefficient (Wildman–Crippen LogP) is 2.70. The third-order valence-corrected chi connectivity index (χ3v) is 3.34. The smallest absolute Gasteiger partial charge is 0.166 e. The number of alkyl halides is 1. The zero-order valence-corrected chi connectivity index (χ0v) is 9.83. The molecule has 1 aromatic heterocycles. The molecule has 3 nitrogen and oxygen atoms in total. The van der Waals surface area contributed by atoms with Crippen molar-refractivity contribution >= 4 is 23.4 Å². The van der Waals surface area contributed by atoms with E-state index in [1.165, 1.54) is 0 Å². The van der Waals surface area contributed by atoms with E-state index in [9.17, 15) is 0 Å². The van der Waals surface area contributed by atoms with Gasteiger partial charge in [0.2, 0.25) is 0 Å². The highest BCUT2D eigenvalue weighted by Gasteiger charge is 2.24. The van der Waals surface area contributed by atoms with Gasteiger partial charge in [0.15, 0.2) is 5.82 Å². The minimum Gasteiger partial charge on any atom is -0.262 e. The van der Waals surface area contributed by atoms with Crippen molar-refractivity contribution in [1.29, 1.82) is 0 Å². The molecule has 0 aliphatic rings. The summed E-state index contributed by atoms with van der Waals surface area (Å²) in [5.41, 5.74) is 0. The lowest BCUT2D eigenvalue weighted by atomic mass is 10.2. The van der Waals surface area contributed by atoms with Gasteiger partial charge in [-0.05, 0) is 27.0 Å². The van der Waals surface area contributed by atoms with Crippen molar-refractivity contribution in [3.8, 4) is 0 Å². The van der Waals surface area contributed by atoms with Crippen molar-refractivity contribution < 1.29 is 0 Å². The Morgan fingerprint density at radius 1 is 1.54 bits per heavy atom. The van der Waals surface area contributed by atoms with E-state index in [4.69, 9.17) is 11.6 Å². The summed E-state index contributed by atoms with van der Waals surface area (Å²) in [5.74, 6) is 1.54. The minimum atomic E-state index is -0.112. The van der Waals surface area contributed by atoms with Gasteiger partial charge in [-0.15, -0.1) is 11.6 Å². The van der Waals surface area contributed by atoms with Crippen molar-refractivity contribution in [1.82, 2.24) is 15.2 Å². The number of hydrogen-bond donors (Lipinski definition) is 1. The highest BCUT2D eigenvalue weighted by Crippen LogP contribution is 2.31. The fraction of sp³-hybridized carbons (Fsp3) is 0.750. The molecule has 0 saturated carbocycles. The maximum Gasteiger partial charge on any atom is 0.166 e. The van der Waals surface area contributed by atoms with E-state index in [0.717, 1.165) is 11.6 Å². The van der Waals surface area contributed by atoms with Crippen LogP contribution in [0.2, 0.25) is 0 Å². The van der Waals surface area contributed by atoms with Gasteiger partial charge in [-0.1, -0.05) is 0 Å². The van der Waals surface area contributed by atoms with Crippen LogP contribution in [0, 0.1) is 0 Å². The Bertz CT molecular complexity index is 283. The molecular weight excluding hydrogens is 206 g/mol. The van der Waals surface area contributed by atoms with Crippen molar-refractivity contribution in [3.63, 3.8) is 0 Å². The lowest BCUT2D eigenvalue weighted by molar-refractivity contribution is 0.714. The zero-order chi connectivity index (χ0) is 10.1. The summed E-state index contributed by atoms with van der Waals surface area (Å²) in [6, 6.07) is 0. The van der Waals surface area contributed by atoms with Crippen molar-refractivity contribution in [2.75, 3.05) is 6.26 Å². The van der Waals surface area contributed by atoms with Gasteiger partial charge in [-0.2, -0.15) is 16.9 Å². The molecule has 0 aliphatic heterocycles. The number of nitrogens with zero attached hydrogens (tertiary/aromatic N) is 2. The quantitative estimate of drug-likeness (QED) is 0.795. The number of aromatic amines is 1. The van der Waals surface area contributed by atoms with Gasteiger partial charge in [-0.25, -0.2) is 4.98 Å². The zero-order valence-electron chi connectivity index (χ0n) is 8.26. The highest BCUT2D eigenvalue weighted by molar-refractivity contribution is 7.99. The molecule has 0 spiro atoms. The van der Waals surface area contributed by atoms with Crippen LogP contribution in [0.15, 0.2) is 0 Å². The Kier molecular flexibility index (Phi) is 3.24. The molecule has 1 heterocycles. The first-order valence-electron chi connectivity index (χ1n) is 4.09. The standard InChI is InChI=1S/C8H14ClN3S/c1-5(9)6-10-7(12-11-6)8(2,3)13-4/h5H,1-4H3,(H,10,11,12). The van der Waals surface area contributed by atoms with Crippen LogP contribution in [-0.2, 0) is 4.75 Å². The Balaban J connectivity index is 2.91. The van der Waals surface area contributed by atoms with E-state index in [-0.39, 0.29) is 10.1 Å². The van der Waals surface area contributed by atoms with Crippen LogP contribution in [0.1, 0.15) is 37.8 Å². The maximum absolute atomic E-state index is 5.87. The number of nitrogens with one attached hydrogen (secondary N) is 1. The minimum absolute atomic E-state index is 0.0550. The Morgan fingerprint density at radius 3 is 2.54 bits per heavy atom. The number of thioether (sulfide) groups is 1. The van der Waals surface area contributed by atoms with Crippen LogP contribution < -0.4 is 0 Å². The molecule has 0 aromatic carbocycles. The molecule has 0 fully saturated rings. The molecular formula is C8H14ClN3S. The summed E-state index contributed by atoms with van der Waals surface area (Å²) in [6.07, 6.45) is 2.04. The van der Waals surface area contributed by atoms with Gasteiger partial charge < -0.3 is 0 Å². The van der Waals surface area contributed by atoms with Crippen molar-refractivity contribution in [2.45, 2.75) is 30.9 Å². The molecule has 74 valence electrons. The third-order valence-electron chi connectivity index (χ3n) is 1.93. The maximum atomic E-state index is 5.87. The van der Waals surface area contributed by atoms with Gasteiger partial charge in [0.25, 0.3) is 0 Å². The van der Waals surface area contributed by atoms with Gasteiger partial charge >= 0.3 is 0 Å². The molecule has 0 bridgehead atoms. The Hall–Kier alpha value is -0.220. The average molecular weight is 220 g/mol. The van der Waals surface area contributed by atoms with E-state index in [0.29, 0.717) is 0 Å². The number of aromatic nitrogens is 3. The lowest BCUT2D eigenvalue weighted by Crippen LogP contribution is -2.13. The molecule has 5 heteroatoms. The van der Waals surface area contributed by atoms with E-state index in [1.54, 1.807) is 11.8 Å². The second-order valence-electron chi connectivity index (χ2n) is 3.37. The fourth-order valence-electron chi connectivity index (χ4n) is 0.813. The fourth-order valence-corrected chi connectivity index (χ4v) is 1.18. The molecule has 0 saturated heterocycles. The van der Waals surface area contributed by atoms with Crippen LogP contribution in [-0.4, -0.2) is 21.4 Å².